The Kier molecular flexibility index (Phi) is 5.86. The number of carbonyl (C=O) groups is 1. The molecule has 1 aliphatic rings. The van der Waals surface area contributed by atoms with Crippen LogP contribution in [0, 0.1) is 0 Å². The first kappa shape index (κ1) is 19.1. The summed E-state index contributed by atoms with van der Waals surface area (Å²) < 4.78 is 5.12. The van der Waals surface area contributed by atoms with Crippen molar-refractivity contribution in [2.75, 3.05) is 37.7 Å². The molecule has 7 heteroatoms. The van der Waals surface area contributed by atoms with Crippen molar-refractivity contribution in [2.45, 2.75) is 13.5 Å². The molecular weight excluding hydrogens is 366 g/mol. The Bertz CT molecular complexity index is 949. The van der Waals surface area contributed by atoms with Crippen LogP contribution < -0.4 is 4.90 Å². The van der Waals surface area contributed by atoms with Crippen LogP contribution in [-0.4, -0.2) is 59.1 Å². The molecular formula is C22H25N5O2. The van der Waals surface area contributed by atoms with Crippen molar-refractivity contribution in [1.29, 1.82) is 0 Å². The van der Waals surface area contributed by atoms with E-state index in [0.717, 1.165) is 44.0 Å². The maximum Gasteiger partial charge on any atom is 0.361 e. The van der Waals surface area contributed by atoms with Crippen molar-refractivity contribution in [3.8, 4) is 11.3 Å². The summed E-state index contributed by atoms with van der Waals surface area (Å²) >= 11 is 0. The van der Waals surface area contributed by atoms with E-state index in [2.05, 4.69) is 55.5 Å². The standard InChI is InChI=1S/C22H25N5O2/c1-2-29-22(28)21-20(23-25-24-21)18-10-6-7-11-19(18)27-14-12-26(13-15-27)16-17-8-4-3-5-9-17/h3-11H,2,12-16H2,1H3,(H,23,24,25). The number of carbonyl (C=O) groups excluding carboxylic acids is 1. The minimum absolute atomic E-state index is 0.224. The predicted octanol–water partition coefficient (Wildman–Crippen LogP) is 2.97. The van der Waals surface area contributed by atoms with E-state index >= 15 is 0 Å². The third-order valence-corrected chi connectivity index (χ3v) is 5.14. The minimum Gasteiger partial charge on any atom is -0.461 e. The molecule has 150 valence electrons. The number of aromatic nitrogens is 3. The van der Waals surface area contributed by atoms with E-state index in [9.17, 15) is 4.79 Å². The number of rotatable bonds is 6. The number of benzene rings is 2. The summed E-state index contributed by atoms with van der Waals surface area (Å²) in [5, 5.41) is 10.8. The number of nitrogens with zero attached hydrogens (tertiary/aromatic N) is 4. The van der Waals surface area contributed by atoms with Gasteiger partial charge in [-0.05, 0) is 18.6 Å². The zero-order chi connectivity index (χ0) is 20.1. The highest BCUT2D eigenvalue weighted by Gasteiger charge is 2.24. The lowest BCUT2D eigenvalue weighted by atomic mass is 10.1. The minimum atomic E-state index is -0.460. The molecule has 0 amide bonds. The van der Waals surface area contributed by atoms with Crippen LogP contribution in [0.3, 0.4) is 0 Å². The monoisotopic (exact) mass is 391 g/mol. The fourth-order valence-electron chi connectivity index (χ4n) is 3.70. The topological polar surface area (TPSA) is 74.3 Å². The molecule has 0 radical (unpaired) electrons. The highest BCUT2D eigenvalue weighted by atomic mass is 16.5. The van der Waals surface area contributed by atoms with Gasteiger partial charge in [0.15, 0.2) is 5.69 Å². The van der Waals surface area contributed by atoms with Crippen molar-refractivity contribution >= 4 is 11.7 Å². The molecule has 7 nitrogen and oxygen atoms in total. The van der Waals surface area contributed by atoms with E-state index in [1.165, 1.54) is 5.56 Å². The molecule has 0 atom stereocenters. The van der Waals surface area contributed by atoms with E-state index in [1.807, 2.05) is 24.3 Å². The number of ether oxygens (including phenoxy) is 1. The highest BCUT2D eigenvalue weighted by Crippen LogP contribution is 2.32. The zero-order valence-corrected chi connectivity index (χ0v) is 16.5. The lowest BCUT2D eigenvalue weighted by Gasteiger charge is -2.37. The molecule has 1 saturated heterocycles. The van der Waals surface area contributed by atoms with Crippen LogP contribution in [0.25, 0.3) is 11.3 Å². The summed E-state index contributed by atoms with van der Waals surface area (Å²) in [6, 6.07) is 18.6. The fourth-order valence-corrected chi connectivity index (χ4v) is 3.70. The second-order valence-corrected chi connectivity index (χ2v) is 7.01. The number of hydrogen-bond acceptors (Lipinski definition) is 6. The van der Waals surface area contributed by atoms with Gasteiger partial charge in [0.2, 0.25) is 0 Å². The lowest BCUT2D eigenvalue weighted by Crippen LogP contribution is -2.46. The van der Waals surface area contributed by atoms with Gasteiger partial charge in [-0.25, -0.2) is 4.79 Å². The first-order chi connectivity index (χ1) is 14.3. The van der Waals surface area contributed by atoms with Gasteiger partial charge in [0.1, 0.15) is 5.69 Å². The van der Waals surface area contributed by atoms with Crippen LogP contribution in [0.4, 0.5) is 5.69 Å². The maximum atomic E-state index is 12.2. The normalized spacial score (nSPS) is 14.7. The molecule has 0 bridgehead atoms. The van der Waals surface area contributed by atoms with Crippen molar-refractivity contribution < 1.29 is 9.53 Å². The van der Waals surface area contributed by atoms with Crippen molar-refractivity contribution in [1.82, 2.24) is 20.3 Å². The van der Waals surface area contributed by atoms with Crippen molar-refractivity contribution in [2.24, 2.45) is 0 Å². The average molecular weight is 391 g/mol. The van der Waals surface area contributed by atoms with Crippen LogP contribution >= 0.6 is 0 Å². The Morgan fingerprint density at radius 3 is 2.48 bits per heavy atom. The first-order valence-electron chi connectivity index (χ1n) is 9.94. The fraction of sp³-hybridized carbons (Fsp3) is 0.318. The molecule has 1 N–H and O–H groups in total. The summed E-state index contributed by atoms with van der Waals surface area (Å²) in [6.07, 6.45) is 0. The predicted molar refractivity (Wildman–Crippen MR) is 112 cm³/mol. The third kappa shape index (κ3) is 4.30. The molecule has 1 fully saturated rings. The van der Waals surface area contributed by atoms with E-state index < -0.39 is 5.97 Å². The molecule has 0 aliphatic carbocycles. The number of aromatic amines is 1. The van der Waals surface area contributed by atoms with Crippen LogP contribution in [0.1, 0.15) is 23.0 Å². The number of esters is 1. The van der Waals surface area contributed by atoms with Gasteiger partial charge in [-0.3, -0.25) is 4.90 Å². The molecule has 0 saturated carbocycles. The number of piperazine rings is 1. The second-order valence-electron chi connectivity index (χ2n) is 7.01. The van der Waals surface area contributed by atoms with Crippen molar-refractivity contribution in [3.05, 3.63) is 65.9 Å². The molecule has 2 heterocycles. The smallest absolute Gasteiger partial charge is 0.361 e. The van der Waals surface area contributed by atoms with Crippen LogP contribution in [0.5, 0.6) is 0 Å². The van der Waals surface area contributed by atoms with Crippen molar-refractivity contribution in [3.63, 3.8) is 0 Å². The van der Waals surface area contributed by atoms with Gasteiger partial charge in [0.05, 0.1) is 6.61 Å². The first-order valence-corrected chi connectivity index (χ1v) is 9.94. The zero-order valence-electron chi connectivity index (χ0n) is 16.5. The summed E-state index contributed by atoms with van der Waals surface area (Å²) in [5.74, 6) is -0.460. The molecule has 1 aliphatic heterocycles. The number of anilines is 1. The van der Waals surface area contributed by atoms with Crippen LogP contribution in [-0.2, 0) is 11.3 Å². The van der Waals surface area contributed by atoms with Crippen LogP contribution in [0.15, 0.2) is 54.6 Å². The number of para-hydroxylation sites is 1. The van der Waals surface area contributed by atoms with Crippen LogP contribution in [0.2, 0.25) is 0 Å². The molecule has 2 aromatic carbocycles. The lowest BCUT2D eigenvalue weighted by molar-refractivity contribution is 0.0520. The average Bonchev–Trinajstić information content (AvgIpc) is 3.25. The Hall–Kier alpha value is -3.19. The second kappa shape index (κ2) is 8.87. The summed E-state index contributed by atoms with van der Waals surface area (Å²) in [7, 11) is 0. The molecule has 3 aromatic rings. The van der Waals surface area contributed by atoms with E-state index in [-0.39, 0.29) is 5.69 Å². The SMILES string of the molecule is CCOC(=O)c1n[nH]nc1-c1ccccc1N1CCN(Cc2ccccc2)CC1. The molecule has 4 rings (SSSR count). The van der Waals surface area contributed by atoms with E-state index in [4.69, 9.17) is 4.74 Å². The Morgan fingerprint density at radius 1 is 1.00 bits per heavy atom. The Balaban J connectivity index is 1.50. The van der Waals surface area contributed by atoms with Gasteiger partial charge in [0.25, 0.3) is 0 Å². The number of hydrogen-bond donors (Lipinski definition) is 1. The summed E-state index contributed by atoms with van der Waals surface area (Å²) in [6.45, 7) is 6.83. The number of H-pyrrole nitrogens is 1. The number of nitrogens with one attached hydrogen (secondary N) is 1. The quantitative estimate of drug-likeness (QED) is 0.651. The Morgan fingerprint density at radius 2 is 1.72 bits per heavy atom. The third-order valence-electron chi connectivity index (χ3n) is 5.14. The van der Waals surface area contributed by atoms with E-state index in [1.54, 1.807) is 6.92 Å². The molecule has 0 unspecified atom stereocenters. The maximum absolute atomic E-state index is 12.2. The summed E-state index contributed by atoms with van der Waals surface area (Å²) in [5.41, 5.74) is 4.04. The van der Waals surface area contributed by atoms with Gasteiger partial charge in [-0.15, -0.1) is 5.10 Å². The van der Waals surface area contributed by atoms with Gasteiger partial charge in [-0.1, -0.05) is 48.5 Å². The van der Waals surface area contributed by atoms with Gasteiger partial charge in [-0.2, -0.15) is 10.3 Å². The highest BCUT2D eigenvalue weighted by molar-refractivity contribution is 5.96. The van der Waals surface area contributed by atoms with Gasteiger partial charge < -0.3 is 9.64 Å². The van der Waals surface area contributed by atoms with E-state index in [0.29, 0.717) is 12.3 Å². The molecule has 1 aromatic heterocycles. The van der Waals surface area contributed by atoms with Gasteiger partial charge >= 0.3 is 5.97 Å². The Labute approximate surface area is 170 Å². The molecule has 0 spiro atoms. The summed E-state index contributed by atoms with van der Waals surface area (Å²) in [4.78, 5) is 17.1. The largest absolute Gasteiger partial charge is 0.461 e. The molecule has 29 heavy (non-hydrogen) atoms. The van der Waals surface area contributed by atoms with Gasteiger partial charge in [0, 0.05) is 44.0 Å².